The number of hydrogen-bond donors (Lipinski definition) is 2. The first-order valence-electron chi connectivity index (χ1n) is 4.64. The summed E-state index contributed by atoms with van der Waals surface area (Å²) in [5.41, 5.74) is 2.35. The quantitative estimate of drug-likeness (QED) is 0.775. The Morgan fingerprint density at radius 2 is 2.21 bits per heavy atom. The number of fused-ring (bicyclic) bond motifs is 1. The summed E-state index contributed by atoms with van der Waals surface area (Å²) in [5.74, 6) is 0.893. The van der Waals surface area contributed by atoms with Gasteiger partial charge >= 0.3 is 0 Å². The van der Waals surface area contributed by atoms with E-state index in [1.54, 1.807) is 7.11 Å². The van der Waals surface area contributed by atoms with Gasteiger partial charge in [-0.25, -0.2) is 0 Å². The molecule has 0 amide bonds. The van der Waals surface area contributed by atoms with Crippen LogP contribution in [0.1, 0.15) is 5.56 Å². The smallest absolute Gasteiger partial charge is 0.142 e. The Bertz CT molecular complexity index is 434. The van der Waals surface area contributed by atoms with Gasteiger partial charge in [-0.05, 0) is 24.7 Å². The summed E-state index contributed by atoms with van der Waals surface area (Å²) in [4.78, 5) is 3.19. The maximum absolute atomic E-state index is 5.27. The number of ether oxygens (including phenoxy) is 1. The number of H-pyrrole nitrogens is 1. The normalized spacial score (nSPS) is 10.7. The van der Waals surface area contributed by atoms with Crippen molar-refractivity contribution in [3.05, 3.63) is 30.0 Å². The van der Waals surface area contributed by atoms with Gasteiger partial charge in [0.25, 0.3) is 0 Å². The minimum Gasteiger partial charge on any atom is -0.495 e. The Kier molecular flexibility index (Phi) is 2.41. The van der Waals surface area contributed by atoms with Gasteiger partial charge in [0.1, 0.15) is 5.75 Å². The van der Waals surface area contributed by atoms with Gasteiger partial charge in [-0.15, -0.1) is 0 Å². The summed E-state index contributed by atoms with van der Waals surface area (Å²) in [6, 6.07) is 6.15. The van der Waals surface area contributed by atoms with Crippen LogP contribution in [0.2, 0.25) is 0 Å². The van der Waals surface area contributed by atoms with Crippen LogP contribution in [0.15, 0.2) is 24.4 Å². The molecular formula is C11H14N2O. The fraction of sp³-hybridized carbons (Fsp3) is 0.273. The summed E-state index contributed by atoms with van der Waals surface area (Å²) >= 11 is 0. The molecule has 0 saturated heterocycles. The van der Waals surface area contributed by atoms with Gasteiger partial charge in [-0.2, -0.15) is 0 Å². The number of hydrogen-bond acceptors (Lipinski definition) is 2. The predicted molar refractivity (Wildman–Crippen MR) is 57.6 cm³/mol. The molecule has 0 saturated carbocycles. The van der Waals surface area contributed by atoms with Crippen LogP contribution in [0.25, 0.3) is 10.9 Å². The third-order valence-corrected chi connectivity index (χ3v) is 2.36. The minimum absolute atomic E-state index is 0.873. The van der Waals surface area contributed by atoms with Crippen molar-refractivity contribution in [3.63, 3.8) is 0 Å². The van der Waals surface area contributed by atoms with Gasteiger partial charge < -0.3 is 15.0 Å². The lowest BCUT2D eigenvalue weighted by Crippen LogP contribution is -2.05. The number of benzene rings is 1. The summed E-state index contributed by atoms with van der Waals surface area (Å²) in [6.07, 6.45) is 1.94. The summed E-state index contributed by atoms with van der Waals surface area (Å²) in [5, 5.41) is 4.37. The fourth-order valence-electron chi connectivity index (χ4n) is 1.70. The van der Waals surface area contributed by atoms with E-state index >= 15 is 0 Å². The van der Waals surface area contributed by atoms with Crippen LogP contribution >= 0.6 is 0 Å². The van der Waals surface area contributed by atoms with Gasteiger partial charge in [0.2, 0.25) is 0 Å². The van der Waals surface area contributed by atoms with Crippen molar-refractivity contribution in [2.75, 3.05) is 14.2 Å². The lowest BCUT2D eigenvalue weighted by Gasteiger charge is -2.06. The number of aromatic amines is 1. The second-order valence-electron chi connectivity index (χ2n) is 3.22. The molecule has 0 atom stereocenters. The molecule has 74 valence electrons. The minimum atomic E-state index is 0.873. The molecule has 2 N–H and O–H groups in total. The van der Waals surface area contributed by atoms with Crippen molar-refractivity contribution in [3.8, 4) is 5.75 Å². The van der Waals surface area contributed by atoms with Crippen molar-refractivity contribution in [1.82, 2.24) is 10.3 Å². The van der Waals surface area contributed by atoms with E-state index in [0.29, 0.717) is 0 Å². The number of methoxy groups -OCH3 is 1. The first kappa shape index (κ1) is 9.09. The summed E-state index contributed by atoms with van der Waals surface area (Å²) in [7, 11) is 3.63. The maximum Gasteiger partial charge on any atom is 0.142 e. The molecule has 0 aliphatic rings. The van der Waals surface area contributed by atoms with E-state index < -0.39 is 0 Å². The highest BCUT2D eigenvalue weighted by atomic mass is 16.5. The molecule has 0 bridgehead atoms. The van der Waals surface area contributed by atoms with E-state index in [1.165, 1.54) is 10.9 Å². The van der Waals surface area contributed by atoms with E-state index in [4.69, 9.17) is 4.74 Å². The van der Waals surface area contributed by atoms with E-state index in [1.807, 2.05) is 19.3 Å². The van der Waals surface area contributed by atoms with E-state index in [9.17, 15) is 0 Å². The second kappa shape index (κ2) is 3.72. The number of nitrogens with one attached hydrogen (secondary N) is 2. The predicted octanol–water partition coefficient (Wildman–Crippen LogP) is 1.90. The lowest BCUT2D eigenvalue weighted by molar-refractivity contribution is 0.419. The lowest BCUT2D eigenvalue weighted by atomic mass is 10.1. The van der Waals surface area contributed by atoms with Gasteiger partial charge in [-0.1, -0.05) is 6.07 Å². The number of aromatic nitrogens is 1. The molecule has 0 fully saturated rings. The SMILES string of the molecule is CNCc1ccc(OC)c2[nH]ccc12. The molecule has 0 aliphatic heterocycles. The van der Waals surface area contributed by atoms with Crippen LogP contribution < -0.4 is 10.1 Å². The molecule has 2 rings (SSSR count). The van der Waals surface area contributed by atoms with Gasteiger partial charge in [0.05, 0.1) is 12.6 Å². The Balaban J connectivity index is 2.59. The molecule has 0 aliphatic carbocycles. The van der Waals surface area contributed by atoms with Crippen LogP contribution in [-0.2, 0) is 6.54 Å². The van der Waals surface area contributed by atoms with E-state index in [2.05, 4.69) is 22.4 Å². The molecule has 14 heavy (non-hydrogen) atoms. The van der Waals surface area contributed by atoms with E-state index in [0.717, 1.165) is 17.8 Å². The Morgan fingerprint density at radius 1 is 1.36 bits per heavy atom. The zero-order valence-electron chi connectivity index (χ0n) is 8.42. The molecule has 3 nitrogen and oxygen atoms in total. The molecular weight excluding hydrogens is 176 g/mol. The zero-order chi connectivity index (χ0) is 9.97. The van der Waals surface area contributed by atoms with Crippen molar-refractivity contribution >= 4 is 10.9 Å². The summed E-state index contributed by atoms with van der Waals surface area (Å²) < 4.78 is 5.27. The fourth-order valence-corrected chi connectivity index (χ4v) is 1.70. The number of rotatable bonds is 3. The van der Waals surface area contributed by atoms with Crippen LogP contribution in [0.3, 0.4) is 0 Å². The van der Waals surface area contributed by atoms with E-state index in [-0.39, 0.29) is 0 Å². The van der Waals surface area contributed by atoms with Gasteiger partial charge in [-0.3, -0.25) is 0 Å². The third kappa shape index (κ3) is 1.36. The van der Waals surface area contributed by atoms with Crippen molar-refractivity contribution in [2.24, 2.45) is 0 Å². The highest BCUT2D eigenvalue weighted by molar-refractivity contribution is 5.88. The topological polar surface area (TPSA) is 37.0 Å². The average molecular weight is 190 g/mol. The van der Waals surface area contributed by atoms with Gasteiger partial charge in [0.15, 0.2) is 0 Å². The van der Waals surface area contributed by atoms with Crippen LogP contribution in [0.4, 0.5) is 0 Å². The van der Waals surface area contributed by atoms with Crippen LogP contribution in [0.5, 0.6) is 5.75 Å². The van der Waals surface area contributed by atoms with Gasteiger partial charge in [0, 0.05) is 18.1 Å². The van der Waals surface area contributed by atoms with Crippen molar-refractivity contribution < 1.29 is 4.74 Å². The highest BCUT2D eigenvalue weighted by Crippen LogP contribution is 2.26. The zero-order valence-corrected chi connectivity index (χ0v) is 8.42. The molecule has 0 unspecified atom stereocenters. The highest BCUT2D eigenvalue weighted by Gasteiger charge is 2.05. The monoisotopic (exact) mass is 190 g/mol. The van der Waals surface area contributed by atoms with Crippen LogP contribution in [0, 0.1) is 0 Å². The Labute approximate surface area is 83.1 Å². The molecule has 3 heteroatoms. The standard InChI is InChI=1S/C11H14N2O/c1-12-7-8-3-4-10(14-2)11-9(8)5-6-13-11/h3-6,12-13H,7H2,1-2H3. The maximum atomic E-state index is 5.27. The molecule has 0 radical (unpaired) electrons. The largest absolute Gasteiger partial charge is 0.495 e. The summed E-state index contributed by atoms with van der Waals surface area (Å²) in [6.45, 7) is 0.873. The molecule has 1 aromatic heterocycles. The van der Waals surface area contributed by atoms with Crippen LogP contribution in [-0.4, -0.2) is 19.1 Å². The average Bonchev–Trinajstić information content (AvgIpc) is 2.67. The first-order valence-corrected chi connectivity index (χ1v) is 4.64. The third-order valence-electron chi connectivity index (χ3n) is 2.36. The molecule has 1 heterocycles. The second-order valence-corrected chi connectivity index (χ2v) is 3.22. The molecule has 0 spiro atoms. The Morgan fingerprint density at radius 3 is 2.93 bits per heavy atom. The Hall–Kier alpha value is -1.48. The molecule has 1 aromatic carbocycles. The van der Waals surface area contributed by atoms with Crippen molar-refractivity contribution in [2.45, 2.75) is 6.54 Å². The first-order chi connectivity index (χ1) is 6.86. The molecule has 2 aromatic rings. The van der Waals surface area contributed by atoms with Crippen molar-refractivity contribution in [1.29, 1.82) is 0 Å².